The van der Waals surface area contributed by atoms with Crippen molar-refractivity contribution in [3.8, 4) is 16.3 Å². The third-order valence-electron chi connectivity index (χ3n) is 2.79. The molecule has 3 rings (SSSR count). The second-order valence-electron chi connectivity index (χ2n) is 4.08. The molecule has 0 fully saturated rings. The van der Waals surface area contributed by atoms with Gasteiger partial charge in [-0.05, 0) is 23.6 Å². The number of hydrogen-bond acceptors (Lipinski definition) is 3. The van der Waals surface area contributed by atoms with E-state index in [0.717, 1.165) is 21.8 Å². The van der Waals surface area contributed by atoms with E-state index < -0.39 is 0 Å². The monoisotopic (exact) mass is 267 g/mol. The fraction of sp³-hybridized carbons (Fsp3) is 0.0667. The molecule has 0 aliphatic heterocycles. The molecule has 0 spiro atoms. The van der Waals surface area contributed by atoms with Crippen LogP contribution in [0.3, 0.4) is 0 Å². The van der Waals surface area contributed by atoms with Crippen LogP contribution < -0.4 is 0 Å². The number of para-hydroxylation sites is 1. The zero-order valence-electron chi connectivity index (χ0n) is 10.5. The average molecular weight is 267 g/mol. The van der Waals surface area contributed by atoms with E-state index in [1.165, 1.54) is 0 Å². The molecule has 3 nitrogen and oxygen atoms in total. The fourth-order valence-corrected chi connectivity index (χ4v) is 2.67. The van der Waals surface area contributed by atoms with Crippen molar-refractivity contribution in [3.05, 3.63) is 59.6 Å². The summed E-state index contributed by atoms with van der Waals surface area (Å²) in [6, 6.07) is 14.2. The lowest BCUT2D eigenvalue weighted by Crippen LogP contribution is -1.93. The first-order chi connectivity index (χ1) is 9.38. The maximum absolute atomic E-state index is 4.68. The Morgan fingerprint density at radius 2 is 2.00 bits per heavy atom. The van der Waals surface area contributed by atoms with E-state index in [1.54, 1.807) is 18.4 Å². The van der Waals surface area contributed by atoms with Crippen LogP contribution in [0.1, 0.15) is 5.56 Å². The predicted octanol–water partition coefficient (Wildman–Crippen LogP) is 3.65. The van der Waals surface area contributed by atoms with Gasteiger partial charge in [0.25, 0.3) is 0 Å². The van der Waals surface area contributed by atoms with Gasteiger partial charge < -0.3 is 0 Å². The molecule has 2 aromatic heterocycles. The molecular formula is C15H13N3S. The molecule has 0 aliphatic rings. The minimum Gasteiger partial charge on any atom is -0.296 e. The molecule has 4 heteroatoms. The molecule has 0 saturated heterocycles. The van der Waals surface area contributed by atoms with Crippen molar-refractivity contribution in [1.29, 1.82) is 0 Å². The van der Waals surface area contributed by atoms with Gasteiger partial charge in [-0.2, -0.15) is 5.10 Å². The summed E-state index contributed by atoms with van der Waals surface area (Å²) in [5.74, 6) is 0. The normalized spacial score (nSPS) is 11.2. The van der Waals surface area contributed by atoms with E-state index in [9.17, 15) is 0 Å². The van der Waals surface area contributed by atoms with E-state index in [4.69, 9.17) is 0 Å². The van der Waals surface area contributed by atoms with E-state index in [2.05, 4.69) is 21.5 Å². The zero-order chi connectivity index (χ0) is 13.1. The molecular weight excluding hydrogens is 254 g/mol. The maximum Gasteiger partial charge on any atom is 0.111 e. The van der Waals surface area contributed by atoms with E-state index in [0.29, 0.717) is 0 Å². The smallest absolute Gasteiger partial charge is 0.111 e. The van der Waals surface area contributed by atoms with Crippen molar-refractivity contribution >= 4 is 17.6 Å². The molecule has 1 aromatic carbocycles. The first-order valence-corrected chi connectivity index (χ1v) is 6.87. The predicted molar refractivity (Wildman–Crippen MR) is 80.4 cm³/mol. The molecule has 0 aliphatic carbocycles. The van der Waals surface area contributed by atoms with Crippen LogP contribution in [-0.2, 0) is 0 Å². The number of thiophene rings is 1. The second-order valence-corrected chi connectivity index (χ2v) is 5.03. The summed E-state index contributed by atoms with van der Waals surface area (Å²) in [5.41, 5.74) is 3.06. The Kier molecular flexibility index (Phi) is 3.25. The van der Waals surface area contributed by atoms with Gasteiger partial charge in [0, 0.05) is 25.0 Å². The summed E-state index contributed by atoms with van der Waals surface area (Å²) in [7, 11) is 1.78. The molecule has 0 bridgehead atoms. The summed E-state index contributed by atoms with van der Waals surface area (Å²) in [4.78, 5) is 5.27. The lowest BCUT2D eigenvalue weighted by molar-refractivity contribution is 0.885. The van der Waals surface area contributed by atoms with Crippen LogP contribution in [0.2, 0.25) is 0 Å². The molecule has 0 saturated carbocycles. The van der Waals surface area contributed by atoms with Crippen molar-refractivity contribution in [3.63, 3.8) is 0 Å². The van der Waals surface area contributed by atoms with Gasteiger partial charge in [-0.25, -0.2) is 4.68 Å². The van der Waals surface area contributed by atoms with Gasteiger partial charge in [-0.3, -0.25) is 4.99 Å². The lowest BCUT2D eigenvalue weighted by Gasteiger charge is -1.98. The summed E-state index contributed by atoms with van der Waals surface area (Å²) < 4.78 is 1.89. The van der Waals surface area contributed by atoms with Gasteiger partial charge in [0.05, 0.1) is 10.6 Å². The van der Waals surface area contributed by atoms with Crippen LogP contribution in [-0.4, -0.2) is 23.0 Å². The van der Waals surface area contributed by atoms with Crippen molar-refractivity contribution in [2.24, 2.45) is 4.99 Å². The van der Waals surface area contributed by atoms with Gasteiger partial charge in [0.1, 0.15) is 5.69 Å². The van der Waals surface area contributed by atoms with Crippen LogP contribution in [0.15, 0.2) is 59.0 Å². The molecule has 19 heavy (non-hydrogen) atoms. The molecule has 0 atom stereocenters. The Labute approximate surface area is 115 Å². The van der Waals surface area contributed by atoms with Crippen molar-refractivity contribution < 1.29 is 0 Å². The van der Waals surface area contributed by atoms with Crippen molar-refractivity contribution in [2.45, 2.75) is 0 Å². The van der Waals surface area contributed by atoms with E-state index >= 15 is 0 Å². The lowest BCUT2D eigenvalue weighted by atomic mass is 10.2. The Bertz CT molecular complexity index is 682. The average Bonchev–Trinajstić information content (AvgIpc) is 3.09. The standard InChI is InChI=1S/C15H13N3S/c1-16-10-12-11-18(13-6-3-2-4-7-13)17-15(12)14-8-5-9-19-14/h2-11H,1H3. The van der Waals surface area contributed by atoms with Gasteiger partial charge in [-0.15, -0.1) is 11.3 Å². The number of benzene rings is 1. The highest BCUT2D eigenvalue weighted by molar-refractivity contribution is 7.13. The highest BCUT2D eigenvalue weighted by atomic mass is 32.1. The topological polar surface area (TPSA) is 30.2 Å². The summed E-state index contributed by atoms with van der Waals surface area (Å²) >= 11 is 1.69. The molecule has 2 heterocycles. The fourth-order valence-electron chi connectivity index (χ4n) is 1.94. The van der Waals surface area contributed by atoms with Crippen LogP contribution in [0, 0.1) is 0 Å². The first kappa shape index (κ1) is 11.9. The Hall–Kier alpha value is -2.20. The van der Waals surface area contributed by atoms with Gasteiger partial charge >= 0.3 is 0 Å². The number of aromatic nitrogens is 2. The van der Waals surface area contributed by atoms with Crippen LogP contribution in [0.25, 0.3) is 16.3 Å². The van der Waals surface area contributed by atoms with Gasteiger partial charge in [-0.1, -0.05) is 24.3 Å². The van der Waals surface area contributed by atoms with Gasteiger partial charge in [0.2, 0.25) is 0 Å². The summed E-state index contributed by atoms with van der Waals surface area (Å²) in [5, 5.41) is 6.74. The third-order valence-corrected chi connectivity index (χ3v) is 3.66. The quantitative estimate of drug-likeness (QED) is 0.666. The van der Waals surface area contributed by atoms with Crippen LogP contribution in [0.4, 0.5) is 0 Å². The van der Waals surface area contributed by atoms with Gasteiger partial charge in [0.15, 0.2) is 0 Å². The minimum absolute atomic E-state index is 0.976. The molecule has 3 aromatic rings. The largest absolute Gasteiger partial charge is 0.296 e. The summed E-state index contributed by atoms with van der Waals surface area (Å²) in [6.07, 6.45) is 3.86. The SMILES string of the molecule is CN=Cc1cn(-c2ccccc2)nc1-c1cccs1. The van der Waals surface area contributed by atoms with Crippen molar-refractivity contribution in [2.75, 3.05) is 7.05 Å². The number of hydrogen-bond donors (Lipinski definition) is 0. The van der Waals surface area contributed by atoms with E-state index in [-0.39, 0.29) is 0 Å². The number of aliphatic imine (C=N–C) groups is 1. The molecule has 0 radical (unpaired) electrons. The molecule has 0 unspecified atom stereocenters. The minimum atomic E-state index is 0.976. The second kappa shape index (κ2) is 5.20. The maximum atomic E-state index is 4.68. The number of rotatable bonds is 3. The first-order valence-electron chi connectivity index (χ1n) is 5.99. The highest BCUT2D eigenvalue weighted by Crippen LogP contribution is 2.26. The highest BCUT2D eigenvalue weighted by Gasteiger charge is 2.11. The summed E-state index contributed by atoms with van der Waals surface area (Å²) in [6.45, 7) is 0. The zero-order valence-corrected chi connectivity index (χ0v) is 11.3. The Morgan fingerprint density at radius 1 is 1.16 bits per heavy atom. The molecule has 0 N–H and O–H groups in total. The third kappa shape index (κ3) is 2.35. The molecule has 94 valence electrons. The molecule has 0 amide bonds. The number of nitrogens with zero attached hydrogens (tertiary/aromatic N) is 3. The van der Waals surface area contributed by atoms with Crippen LogP contribution >= 0.6 is 11.3 Å². The van der Waals surface area contributed by atoms with Crippen LogP contribution in [0.5, 0.6) is 0 Å². The Balaban J connectivity index is 2.12. The van der Waals surface area contributed by atoms with E-state index in [1.807, 2.05) is 53.5 Å². The van der Waals surface area contributed by atoms with Crippen molar-refractivity contribution in [1.82, 2.24) is 9.78 Å². The Morgan fingerprint density at radius 3 is 2.68 bits per heavy atom.